The molecule has 6 heteroatoms. The monoisotopic (exact) mass is 278 g/mol. The number of anilines is 1. The van der Waals surface area contributed by atoms with Gasteiger partial charge in [0, 0.05) is 17.8 Å². The minimum Gasteiger partial charge on any atom is -0.357 e. The van der Waals surface area contributed by atoms with Gasteiger partial charge in [-0.05, 0) is 25.7 Å². The molecule has 0 aromatic carbocycles. The van der Waals surface area contributed by atoms with Crippen molar-refractivity contribution in [2.75, 3.05) is 5.32 Å². The maximum atomic E-state index is 11.8. The summed E-state index contributed by atoms with van der Waals surface area (Å²) in [5.41, 5.74) is 0.634. The summed E-state index contributed by atoms with van der Waals surface area (Å²) >= 11 is 1.45. The van der Waals surface area contributed by atoms with Gasteiger partial charge >= 0.3 is 0 Å². The van der Waals surface area contributed by atoms with Crippen LogP contribution in [-0.4, -0.2) is 20.6 Å². The van der Waals surface area contributed by atoms with E-state index in [4.69, 9.17) is 0 Å². The van der Waals surface area contributed by atoms with E-state index in [0.717, 1.165) is 10.8 Å². The molecule has 0 bridgehead atoms. The van der Waals surface area contributed by atoms with Crippen LogP contribution in [0.2, 0.25) is 0 Å². The Kier molecular flexibility index (Phi) is 3.26. The first-order valence-corrected chi connectivity index (χ1v) is 7.59. The Balaban J connectivity index is 1.89. The van der Waals surface area contributed by atoms with E-state index in [0.29, 0.717) is 16.9 Å². The number of hydrogen-bond donors (Lipinski definition) is 1. The molecule has 2 aromatic heterocycles. The molecule has 0 unspecified atom stereocenters. The number of aromatic nitrogens is 3. The Hall–Kier alpha value is -1.43. The zero-order chi connectivity index (χ0) is 13.4. The minimum atomic E-state index is -0.108. The van der Waals surface area contributed by atoms with E-state index < -0.39 is 0 Å². The third kappa shape index (κ3) is 2.49. The van der Waals surface area contributed by atoms with Crippen LogP contribution >= 0.6 is 11.3 Å². The summed E-state index contributed by atoms with van der Waals surface area (Å²) in [6.07, 6.45) is 5.03. The van der Waals surface area contributed by atoms with Crippen LogP contribution in [-0.2, 0) is 0 Å². The lowest BCUT2D eigenvalue weighted by atomic mass is 9.86. The first-order valence-electron chi connectivity index (χ1n) is 6.77. The second-order valence-corrected chi connectivity index (χ2v) is 6.31. The average molecular weight is 278 g/mol. The molecule has 2 heterocycles. The number of rotatable bonds is 2. The molecule has 2 atom stereocenters. The van der Waals surface area contributed by atoms with Crippen molar-refractivity contribution in [2.45, 2.75) is 45.6 Å². The van der Waals surface area contributed by atoms with Gasteiger partial charge in [-0.2, -0.15) is 4.52 Å². The molecule has 1 aliphatic rings. The van der Waals surface area contributed by atoms with Crippen LogP contribution in [0.25, 0.3) is 4.96 Å². The lowest BCUT2D eigenvalue weighted by Crippen LogP contribution is -2.30. The van der Waals surface area contributed by atoms with E-state index in [1.54, 1.807) is 0 Å². The Morgan fingerprint density at radius 3 is 3.00 bits per heavy atom. The smallest absolute Gasteiger partial charge is 0.275 e. The second-order valence-electron chi connectivity index (χ2n) is 5.35. The molecule has 0 amide bonds. The summed E-state index contributed by atoms with van der Waals surface area (Å²) < 4.78 is 1.38. The van der Waals surface area contributed by atoms with Crippen LogP contribution in [0.15, 0.2) is 10.9 Å². The SMILES string of the molecule is Cc1cc(=O)n2nc(N[C@@H]3CCCC[C@@H]3C)sc2n1. The Morgan fingerprint density at radius 1 is 1.42 bits per heavy atom. The highest BCUT2D eigenvalue weighted by Gasteiger charge is 2.22. The molecule has 2 aromatic rings. The van der Waals surface area contributed by atoms with E-state index in [9.17, 15) is 4.79 Å². The van der Waals surface area contributed by atoms with Crippen LogP contribution in [0.5, 0.6) is 0 Å². The van der Waals surface area contributed by atoms with Crippen molar-refractivity contribution in [3.63, 3.8) is 0 Å². The fraction of sp³-hybridized carbons (Fsp3) is 0.615. The maximum Gasteiger partial charge on any atom is 0.275 e. The number of aryl methyl sites for hydroxylation is 1. The van der Waals surface area contributed by atoms with Crippen LogP contribution in [0.3, 0.4) is 0 Å². The summed E-state index contributed by atoms with van der Waals surface area (Å²) in [4.78, 5) is 16.8. The first-order chi connectivity index (χ1) is 9.13. The zero-order valence-corrected chi connectivity index (χ0v) is 12.0. The quantitative estimate of drug-likeness (QED) is 0.916. The van der Waals surface area contributed by atoms with Gasteiger partial charge in [-0.3, -0.25) is 4.79 Å². The van der Waals surface area contributed by atoms with Crippen LogP contribution < -0.4 is 10.9 Å². The van der Waals surface area contributed by atoms with Gasteiger partial charge in [-0.15, -0.1) is 5.10 Å². The van der Waals surface area contributed by atoms with Gasteiger partial charge in [0.05, 0.1) is 0 Å². The molecule has 0 spiro atoms. The van der Waals surface area contributed by atoms with Gasteiger partial charge in [0.15, 0.2) is 0 Å². The van der Waals surface area contributed by atoms with Crippen molar-refractivity contribution < 1.29 is 0 Å². The van der Waals surface area contributed by atoms with Crippen molar-refractivity contribution in [1.82, 2.24) is 14.6 Å². The molecular weight excluding hydrogens is 260 g/mol. The molecule has 0 radical (unpaired) electrons. The molecule has 1 saturated carbocycles. The highest BCUT2D eigenvalue weighted by Crippen LogP contribution is 2.28. The van der Waals surface area contributed by atoms with Gasteiger partial charge in [-0.1, -0.05) is 31.1 Å². The summed E-state index contributed by atoms with van der Waals surface area (Å²) in [7, 11) is 0. The normalized spacial score (nSPS) is 23.7. The molecule has 102 valence electrons. The largest absolute Gasteiger partial charge is 0.357 e. The van der Waals surface area contributed by atoms with Crippen molar-refractivity contribution in [1.29, 1.82) is 0 Å². The maximum absolute atomic E-state index is 11.8. The van der Waals surface area contributed by atoms with Gasteiger partial charge in [0.1, 0.15) is 0 Å². The third-order valence-electron chi connectivity index (χ3n) is 3.79. The number of hydrogen-bond acceptors (Lipinski definition) is 5. The molecule has 5 nitrogen and oxygen atoms in total. The zero-order valence-electron chi connectivity index (χ0n) is 11.2. The van der Waals surface area contributed by atoms with Gasteiger partial charge in [0.25, 0.3) is 5.56 Å². The predicted octanol–water partition coefficient (Wildman–Crippen LogP) is 2.45. The second kappa shape index (κ2) is 4.92. The first kappa shape index (κ1) is 12.6. The van der Waals surface area contributed by atoms with Gasteiger partial charge in [-0.25, -0.2) is 4.98 Å². The minimum absolute atomic E-state index is 0.108. The highest BCUT2D eigenvalue weighted by atomic mass is 32.1. The van der Waals surface area contributed by atoms with E-state index in [1.165, 1.54) is 47.6 Å². The predicted molar refractivity (Wildman–Crippen MR) is 76.9 cm³/mol. The molecule has 19 heavy (non-hydrogen) atoms. The van der Waals surface area contributed by atoms with E-state index >= 15 is 0 Å². The fourth-order valence-corrected chi connectivity index (χ4v) is 3.58. The van der Waals surface area contributed by atoms with Gasteiger partial charge < -0.3 is 5.32 Å². The van der Waals surface area contributed by atoms with Crippen LogP contribution in [0.1, 0.15) is 38.3 Å². The molecule has 1 N–H and O–H groups in total. The van der Waals surface area contributed by atoms with E-state index in [-0.39, 0.29) is 5.56 Å². The summed E-state index contributed by atoms with van der Waals surface area (Å²) in [5, 5.41) is 8.61. The standard InChI is InChI=1S/C13H18N4OS/c1-8-5-3-4-6-10(8)15-12-16-17-11(18)7-9(2)14-13(17)19-12/h7-8,10H,3-6H2,1-2H3,(H,15,16)/t8-,10+/m0/s1. The summed E-state index contributed by atoms with van der Waals surface area (Å²) in [5.74, 6) is 0.659. The molecule has 3 rings (SSSR count). The van der Waals surface area contributed by atoms with Crippen molar-refractivity contribution >= 4 is 21.4 Å². The number of nitrogens with one attached hydrogen (secondary N) is 1. The van der Waals surface area contributed by atoms with Crippen molar-refractivity contribution in [2.24, 2.45) is 5.92 Å². The lowest BCUT2D eigenvalue weighted by Gasteiger charge is -2.29. The van der Waals surface area contributed by atoms with Crippen LogP contribution in [0, 0.1) is 12.8 Å². The molecule has 0 saturated heterocycles. The Morgan fingerprint density at radius 2 is 2.21 bits per heavy atom. The Labute approximate surface area is 115 Å². The molecule has 1 fully saturated rings. The third-order valence-corrected chi connectivity index (χ3v) is 4.63. The average Bonchev–Trinajstić information content (AvgIpc) is 2.75. The van der Waals surface area contributed by atoms with E-state index in [2.05, 4.69) is 22.3 Å². The number of nitrogens with zero attached hydrogens (tertiary/aromatic N) is 3. The summed E-state index contributed by atoms with van der Waals surface area (Å²) in [6.45, 7) is 4.11. The summed E-state index contributed by atoms with van der Waals surface area (Å²) in [6, 6.07) is 1.98. The van der Waals surface area contributed by atoms with E-state index in [1.807, 2.05) is 6.92 Å². The van der Waals surface area contributed by atoms with Gasteiger partial charge in [0.2, 0.25) is 10.1 Å². The molecule has 0 aliphatic heterocycles. The molecular formula is C13H18N4OS. The topological polar surface area (TPSA) is 59.3 Å². The lowest BCUT2D eigenvalue weighted by molar-refractivity contribution is 0.349. The van der Waals surface area contributed by atoms with Crippen molar-refractivity contribution in [3.05, 3.63) is 22.1 Å². The Bertz CT molecular complexity index is 648. The molecule has 1 aliphatic carbocycles. The number of fused-ring (bicyclic) bond motifs is 1. The van der Waals surface area contributed by atoms with Crippen LogP contribution in [0.4, 0.5) is 5.13 Å². The fourth-order valence-electron chi connectivity index (χ4n) is 2.67. The van der Waals surface area contributed by atoms with Crippen molar-refractivity contribution in [3.8, 4) is 0 Å². The highest BCUT2D eigenvalue weighted by molar-refractivity contribution is 7.20.